The summed E-state index contributed by atoms with van der Waals surface area (Å²) in [6.07, 6.45) is 4.09. The van der Waals surface area contributed by atoms with Gasteiger partial charge in [0, 0.05) is 30.1 Å². The number of rotatable bonds is 5. The van der Waals surface area contributed by atoms with E-state index in [0.29, 0.717) is 47.4 Å². The Bertz CT molecular complexity index is 1280. The zero-order chi connectivity index (χ0) is 22.8. The van der Waals surface area contributed by atoms with Gasteiger partial charge in [-0.3, -0.25) is 9.89 Å². The van der Waals surface area contributed by atoms with Crippen LogP contribution in [0.5, 0.6) is 0 Å². The fourth-order valence-electron chi connectivity index (χ4n) is 4.21. The van der Waals surface area contributed by atoms with Crippen LogP contribution in [0.2, 0.25) is 5.02 Å². The zero-order valence-electron chi connectivity index (χ0n) is 17.8. The second kappa shape index (κ2) is 9.19. The summed E-state index contributed by atoms with van der Waals surface area (Å²) in [5.74, 6) is 0.878. The third-order valence-corrected chi connectivity index (χ3v) is 6.09. The van der Waals surface area contributed by atoms with Crippen molar-refractivity contribution in [2.24, 2.45) is 0 Å². The number of hydrogen-bond acceptors (Lipinski definition) is 4. The number of likely N-dealkylation sites (tertiary alicyclic amines) is 1. The van der Waals surface area contributed by atoms with Crippen LogP contribution in [0.4, 0.5) is 4.39 Å². The van der Waals surface area contributed by atoms with Crippen molar-refractivity contribution < 1.29 is 13.6 Å². The molecule has 168 valence electrons. The van der Waals surface area contributed by atoms with Gasteiger partial charge in [-0.2, -0.15) is 5.10 Å². The summed E-state index contributed by atoms with van der Waals surface area (Å²) in [6, 6.07) is 15.6. The number of nitrogens with zero attached hydrogens (tertiary/aromatic N) is 3. The van der Waals surface area contributed by atoms with E-state index in [4.69, 9.17) is 16.0 Å². The molecule has 8 heteroatoms. The second-order valence-electron chi connectivity index (χ2n) is 8.21. The van der Waals surface area contributed by atoms with Crippen molar-refractivity contribution in [1.29, 1.82) is 0 Å². The molecule has 1 aliphatic rings. The molecule has 1 N–H and O–H groups in total. The number of amides is 1. The lowest BCUT2D eigenvalue weighted by Gasteiger charge is -2.30. The van der Waals surface area contributed by atoms with E-state index < -0.39 is 0 Å². The highest BCUT2D eigenvalue weighted by molar-refractivity contribution is 6.30. The Kier molecular flexibility index (Phi) is 5.96. The number of aromatic amines is 1. The monoisotopic (exact) mass is 464 g/mol. The Balaban J connectivity index is 1.27. The van der Waals surface area contributed by atoms with Crippen molar-refractivity contribution in [2.45, 2.75) is 25.2 Å². The number of carbonyl (C=O) groups is 1. The number of oxazole rings is 1. The summed E-state index contributed by atoms with van der Waals surface area (Å²) in [5, 5.41) is 7.58. The predicted octanol–water partition coefficient (Wildman–Crippen LogP) is 5.47. The van der Waals surface area contributed by atoms with E-state index in [2.05, 4.69) is 15.2 Å². The van der Waals surface area contributed by atoms with E-state index in [1.54, 1.807) is 35.4 Å². The number of H-pyrrole nitrogens is 1. The molecule has 0 unspecified atom stereocenters. The summed E-state index contributed by atoms with van der Waals surface area (Å²) >= 11 is 6.07. The van der Waals surface area contributed by atoms with Crippen LogP contribution >= 0.6 is 11.6 Å². The SMILES string of the molecule is O=C(c1cc(-c2ccccc2F)n[nH]1)N1CCC[C@@H](c2ncc(Cc3cccc(Cl)c3)o2)C1. The minimum absolute atomic E-state index is 0.0183. The highest BCUT2D eigenvalue weighted by Gasteiger charge is 2.29. The number of nitrogens with one attached hydrogen (secondary N) is 1. The van der Waals surface area contributed by atoms with Crippen LogP contribution in [-0.2, 0) is 6.42 Å². The summed E-state index contributed by atoms with van der Waals surface area (Å²) in [7, 11) is 0. The van der Waals surface area contributed by atoms with Crippen molar-refractivity contribution in [3.8, 4) is 11.3 Å². The second-order valence-corrected chi connectivity index (χ2v) is 8.64. The normalized spacial score (nSPS) is 16.2. The molecule has 2 aromatic carbocycles. The molecular formula is C25H22ClFN4O2. The van der Waals surface area contributed by atoms with Crippen LogP contribution < -0.4 is 0 Å². The van der Waals surface area contributed by atoms with Crippen molar-refractivity contribution in [2.75, 3.05) is 13.1 Å². The van der Waals surface area contributed by atoms with Crippen LogP contribution in [0.3, 0.4) is 0 Å². The van der Waals surface area contributed by atoms with E-state index in [1.165, 1.54) is 6.07 Å². The largest absolute Gasteiger partial charge is 0.445 e. The summed E-state index contributed by atoms with van der Waals surface area (Å²) in [4.78, 5) is 19.3. The van der Waals surface area contributed by atoms with Crippen LogP contribution in [0.1, 0.15) is 46.5 Å². The van der Waals surface area contributed by atoms with Gasteiger partial charge in [0.05, 0.1) is 17.8 Å². The summed E-state index contributed by atoms with van der Waals surface area (Å²) in [5.41, 5.74) is 2.15. The van der Waals surface area contributed by atoms with Gasteiger partial charge in [0.15, 0.2) is 5.89 Å². The average Bonchev–Trinajstić information content (AvgIpc) is 3.49. The van der Waals surface area contributed by atoms with E-state index in [0.717, 1.165) is 24.2 Å². The first-order valence-corrected chi connectivity index (χ1v) is 11.2. The Hall–Kier alpha value is -3.45. The van der Waals surface area contributed by atoms with Crippen molar-refractivity contribution >= 4 is 17.5 Å². The molecule has 0 spiro atoms. The molecule has 1 amide bonds. The van der Waals surface area contributed by atoms with E-state index >= 15 is 0 Å². The van der Waals surface area contributed by atoms with Crippen LogP contribution in [-0.4, -0.2) is 39.1 Å². The first-order valence-electron chi connectivity index (χ1n) is 10.9. The van der Waals surface area contributed by atoms with E-state index in [9.17, 15) is 9.18 Å². The average molecular weight is 465 g/mol. The number of hydrogen-bond donors (Lipinski definition) is 1. The summed E-state index contributed by atoms with van der Waals surface area (Å²) < 4.78 is 20.1. The Morgan fingerprint density at radius 3 is 2.94 bits per heavy atom. The quantitative estimate of drug-likeness (QED) is 0.425. The molecule has 0 saturated carbocycles. The lowest BCUT2D eigenvalue weighted by Crippen LogP contribution is -2.39. The van der Waals surface area contributed by atoms with Gasteiger partial charge < -0.3 is 9.32 Å². The molecule has 33 heavy (non-hydrogen) atoms. The molecule has 5 rings (SSSR count). The molecular weight excluding hydrogens is 443 g/mol. The predicted molar refractivity (Wildman–Crippen MR) is 123 cm³/mol. The first kappa shape index (κ1) is 21.4. The molecule has 4 aromatic rings. The number of benzene rings is 2. The van der Waals surface area contributed by atoms with Gasteiger partial charge in [-0.25, -0.2) is 9.37 Å². The maximum absolute atomic E-state index is 14.1. The standard InChI is InChI=1S/C25H22ClFN4O2/c26-18-7-3-5-16(11-18)12-19-14-28-24(33-19)17-6-4-10-31(15-17)25(32)23-13-22(29-30-23)20-8-1-2-9-21(20)27/h1-3,5,7-9,11,13-14,17H,4,6,10,12,15H2,(H,29,30)/t17-/m1/s1. The molecule has 1 aliphatic heterocycles. The lowest BCUT2D eigenvalue weighted by atomic mass is 9.97. The smallest absolute Gasteiger partial charge is 0.271 e. The van der Waals surface area contributed by atoms with Gasteiger partial charge >= 0.3 is 0 Å². The van der Waals surface area contributed by atoms with Crippen LogP contribution in [0.15, 0.2) is 65.2 Å². The van der Waals surface area contributed by atoms with Crippen LogP contribution in [0, 0.1) is 5.82 Å². The summed E-state index contributed by atoms with van der Waals surface area (Å²) in [6.45, 7) is 1.14. The van der Waals surface area contributed by atoms with Crippen molar-refractivity contribution in [1.82, 2.24) is 20.1 Å². The van der Waals surface area contributed by atoms with Gasteiger partial charge in [-0.15, -0.1) is 0 Å². The van der Waals surface area contributed by atoms with Gasteiger partial charge in [0.25, 0.3) is 5.91 Å². The fraction of sp³-hybridized carbons (Fsp3) is 0.240. The minimum atomic E-state index is -0.376. The Morgan fingerprint density at radius 2 is 2.09 bits per heavy atom. The molecule has 6 nitrogen and oxygen atoms in total. The topological polar surface area (TPSA) is 75.0 Å². The number of halogens is 2. The number of carbonyl (C=O) groups excluding carboxylic acids is 1. The molecule has 0 aliphatic carbocycles. The zero-order valence-corrected chi connectivity index (χ0v) is 18.6. The molecule has 3 heterocycles. The third kappa shape index (κ3) is 4.68. The van der Waals surface area contributed by atoms with Crippen molar-refractivity contribution in [3.05, 3.63) is 94.5 Å². The maximum Gasteiger partial charge on any atom is 0.271 e. The first-order chi connectivity index (χ1) is 16.1. The molecule has 0 radical (unpaired) electrons. The van der Waals surface area contributed by atoms with Gasteiger partial charge in [0.2, 0.25) is 0 Å². The molecule has 1 saturated heterocycles. The molecule has 2 aromatic heterocycles. The van der Waals surface area contributed by atoms with Gasteiger partial charge in [-0.1, -0.05) is 35.9 Å². The van der Waals surface area contributed by atoms with E-state index in [-0.39, 0.29) is 17.6 Å². The molecule has 1 fully saturated rings. The van der Waals surface area contributed by atoms with Crippen LogP contribution in [0.25, 0.3) is 11.3 Å². The number of piperidine rings is 1. The Morgan fingerprint density at radius 1 is 1.21 bits per heavy atom. The lowest BCUT2D eigenvalue weighted by molar-refractivity contribution is 0.0692. The Labute approximate surface area is 195 Å². The van der Waals surface area contributed by atoms with E-state index in [1.807, 2.05) is 24.3 Å². The molecule has 0 bridgehead atoms. The van der Waals surface area contributed by atoms with Gasteiger partial charge in [0.1, 0.15) is 17.3 Å². The highest BCUT2D eigenvalue weighted by Crippen LogP contribution is 2.29. The highest BCUT2D eigenvalue weighted by atomic mass is 35.5. The maximum atomic E-state index is 14.1. The molecule has 1 atom stereocenters. The third-order valence-electron chi connectivity index (χ3n) is 5.85. The minimum Gasteiger partial charge on any atom is -0.445 e. The van der Waals surface area contributed by atoms with Gasteiger partial charge in [-0.05, 0) is 48.7 Å². The number of aromatic nitrogens is 3. The van der Waals surface area contributed by atoms with Crippen molar-refractivity contribution in [3.63, 3.8) is 0 Å². The fourth-order valence-corrected chi connectivity index (χ4v) is 4.43.